The lowest BCUT2D eigenvalue weighted by Crippen LogP contribution is -2.44. The average Bonchev–Trinajstić information content (AvgIpc) is 4.15. The minimum atomic E-state index is -4.24. The molecule has 0 spiro atoms. The van der Waals surface area contributed by atoms with Gasteiger partial charge in [0.05, 0.1) is 12.2 Å². The summed E-state index contributed by atoms with van der Waals surface area (Å²) in [5, 5.41) is 11.4. The first-order valence-corrected chi connectivity index (χ1v) is 25.1. The van der Waals surface area contributed by atoms with Crippen molar-refractivity contribution in [2.45, 2.75) is 37.9 Å². The van der Waals surface area contributed by atoms with Gasteiger partial charge in [-0.25, -0.2) is 37.4 Å². The van der Waals surface area contributed by atoms with Crippen LogP contribution in [0.5, 0.6) is 0 Å². The van der Waals surface area contributed by atoms with E-state index < -0.39 is 50.5 Å². The van der Waals surface area contributed by atoms with E-state index in [1.54, 1.807) is 6.92 Å². The van der Waals surface area contributed by atoms with Gasteiger partial charge in [0, 0.05) is 32.6 Å². The Morgan fingerprint density at radius 1 is 0.694 bits per heavy atom. The van der Waals surface area contributed by atoms with E-state index in [0.29, 0.717) is 11.3 Å². The van der Waals surface area contributed by atoms with Gasteiger partial charge in [0.1, 0.15) is 24.7 Å². The standard InChI is InChI=1S/C29H25FN6O7S.C19H22N2O6S/c1-17-15-18(12-13-24(17)30)36-27(34-42-29(36)38)26-25(32-43-33-26)11-6-14-31-44(39,40)35-28(37)41-16-23-21-9-4-2-7-19(21)20-8-3-5-10-22(20)23;1-25-18(26-2)11-20-28(23,24)21-19(22)27-12-17-15-9-5-3-7-13(15)14-8-4-6-10-16(14)17/h2-5,7-10,12-13,15,23,31H,6,11,14,16H2,1H3,(H,35,37);3-10,17-18,20H,11-12H2,1-2H3,(H,21,22). The number of rotatable bonds is 18. The number of benzene rings is 5. The summed E-state index contributed by atoms with van der Waals surface area (Å²) in [4.78, 5) is 36.8. The molecule has 24 heteroatoms. The predicted molar refractivity (Wildman–Crippen MR) is 256 cm³/mol. The zero-order valence-corrected chi connectivity index (χ0v) is 40.4. The van der Waals surface area contributed by atoms with Gasteiger partial charge in [-0.2, -0.15) is 26.3 Å². The number of carbonyl (C=O) groups excluding carboxylic acids is 2. The molecular formula is C48H47FN8O13S2. The number of aromatic nitrogens is 4. The molecule has 376 valence electrons. The molecular weight excluding hydrogens is 980 g/mol. The summed E-state index contributed by atoms with van der Waals surface area (Å²) >= 11 is 0. The number of methoxy groups -OCH3 is 2. The van der Waals surface area contributed by atoms with Gasteiger partial charge < -0.3 is 18.9 Å². The number of fused-ring (bicyclic) bond motifs is 6. The molecule has 4 N–H and O–H groups in total. The fourth-order valence-electron chi connectivity index (χ4n) is 8.39. The Bertz CT molecular complexity index is 3290. The normalized spacial score (nSPS) is 12.8. The van der Waals surface area contributed by atoms with E-state index in [2.05, 4.69) is 24.9 Å². The van der Waals surface area contributed by atoms with Gasteiger partial charge in [0.15, 0.2) is 12.0 Å². The Labute approximate surface area is 412 Å². The maximum atomic E-state index is 13.8. The van der Waals surface area contributed by atoms with E-state index in [-0.39, 0.29) is 68.2 Å². The van der Waals surface area contributed by atoms with Crippen LogP contribution >= 0.6 is 0 Å². The van der Waals surface area contributed by atoms with Gasteiger partial charge in [-0.05, 0) is 93.2 Å². The molecule has 0 unspecified atom stereocenters. The zero-order valence-electron chi connectivity index (χ0n) is 38.7. The van der Waals surface area contributed by atoms with Gasteiger partial charge in [-0.3, -0.25) is 4.52 Å². The van der Waals surface area contributed by atoms with Crippen molar-refractivity contribution in [2.75, 3.05) is 40.5 Å². The first kappa shape index (κ1) is 50.8. The summed E-state index contributed by atoms with van der Waals surface area (Å²) < 4.78 is 102. The summed E-state index contributed by atoms with van der Waals surface area (Å²) in [5.41, 5.74) is 9.33. The Balaban J connectivity index is 0.000000213. The van der Waals surface area contributed by atoms with Crippen molar-refractivity contribution in [3.8, 4) is 39.5 Å². The molecule has 0 atom stereocenters. The Hall–Kier alpha value is -7.61. The molecule has 9 rings (SSSR count). The maximum Gasteiger partial charge on any atom is 0.446 e. The molecule has 2 aliphatic carbocycles. The second kappa shape index (κ2) is 22.2. The molecule has 72 heavy (non-hydrogen) atoms. The molecule has 2 aromatic heterocycles. The van der Waals surface area contributed by atoms with Crippen molar-refractivity contribution >= 4 is 32.6 Å². The summed E-state index contributed by atoms with van der Waals surface area (Å²) in [6.45, 7) is 1.29. The van der Waals surface area contributed by atoms with Gasteiger partial charge >= 0.3 is 38.4 Å². The first-order valence-electron chi connectivity index (χ1n) is 22.1. The third-order valence-corrected chi connectivity index (χ3v) is 13.7. The number of nitrogens with one attached hydrogen (secondary N) is 4. The molecule has 0 saturated heterocycles. The SMILES string of the molecule is COC(CNS(=O)(=O)NC(=O)OCC1c2ccccc2-c2ccccc21)OC.Cc1cc(-n2c(-c3nonc3CCCNS(=O)(=O)NC(=O)OCC3c4ccccc4-c4ccccc43)noc2=O)ccc1F. The van der Waals surface area contributed by atoms with Crippen LogP contribution in [0.1, 0.15) is 51.8 Å². The second-order valence-electron chi connectivity index (χ2n) is 16.2. The highest BCUT2D eigenvalue weighted by Crippen LogP contribution is 2.45. The van der Waals surface area contributed by atoms with Gasteiger partial charge in [-0.1, -0.05) is 107 Å². The summed E-state index contributed by atoms with van der Waals surface area (Å²) in [6, 6.07) is 35.4. The zero-order chi connectivity index (χ0) is 51.0. The van der Waals surface area contributed by atoms with Crippen LogP contribution in [0, 0.1) is 12.7 Å². The van der Waals surface area contributed by atoms with E-state index in [1.807, 2.05) is 107 Å². The largest absolute Gasteiger partial charge is 0.448 e. The van der Waals surface area contributed by atoms with Crippen LogP contribution in [-0.2, 0) is 45.8 Å². The first-order chi connectivity index (χ1) is 34.7. The molecule has 2 heterocycles. The number of nitrogens with zero attached hydrogens (tertiary/aromatic N) is 4. The highest BCUT2D eigenvalue weighted by atomic mass is 32.2. The minimum absolute atomic E-state index is 0.0187. The molecule has 7 aromatic rings. The van der Waals surface area contributed by atoms with Crippen molar-refractivity contribution in [1.82, 2.24) is 38.9 Å². The number of amides is 2. The third-order valence-electron chi connectivity index (χ3n) is 11.7. The Morgan fingerprint density at radius 2 is 1.18 bits per heavy atom. The van der Waals surface area contributed by atoms with Gasteiger partial charge in [-0.15, -0.1) is 0 Å². The fourth-order valence-corrected chi connectivity index (χ4v) is 9.86. The topological polar surface area (TPSA) is 274 Å². The van der Waals surface area contributed by atoms with E-state index in [9.17, 15) is 35.6 Å². The smallest absolute Gasteiger partial charge is 0.446 e. The third kappa shape index (κ3) is 11.6. The number of aryl methyl sites for hydroxylation is 2. The number of halogens is 1. The van der Waals surface area contributed by atoms with Crippen LogP contribution in [0.15, 0.2) is 129 Å². The molecule has 2 amide bonds. The molecule has 0 radical (unpaired) electrons. The predicted octanol–water partition coefficient (Wildman–Crippen LogP) is 5.61. The quantitative estimate of drug-likeness (QED) is 0.0601. The molecule has 0 fully saturated rings. The Morgan fingerprint density at radius 3 is 1.67 bits per heavy atom. The van der Waals surface area contributed by atoms with Crippen LogP contribution in [0.25, 0.3) is 39.5 Å². The van der Waals surface area contributed by atoms with E-state index in [0.717, 1.165) is 49.1 Å². The Kier molecular flexibility index (Phi) is 15.7. The minimum Gasteiger partial charge on any atom is -0.448 e. The molecule has 0 saturated carbocycles. The highest BCUT2D eigenvalue weighted by Gasteiger charge is 2.31. The summed E-state index contributed by atoms with van der Waals surface area (Å²) in [7, 11) is -5.58. The van der Waals surface area contributed by atoms with Crippen LogP contribution < -0.4 is 24.6 Å². The average molecular weight is 1030 g/mol. The van der Waals surface area contributed by atoms with E-state index in [4.69, 9.17) is 28.1 Å². The van der Waals surface area contributed by atoms with Crippen molar-refractivity contribution in [1.29, 1.82) is 0 Å². The fraction of sp³-hybridized carbons (Fsp3) is 0.250. The van der Waals surface area contributed by atoms with Crippen molar-refractivity contribution in [2.24, 2.45) is 0 Å². The molecule has 21 nitrogen and oxygen atoms in total. The summed E-state index contributed by atoms with van der Waals surface area (Å²) in [6.07, 6.45) is -2.55. The van der Waals surface area contributed by atoms with Gasteiger partial charge in [0.25, 0.3) is 0 Å². The summed E-state index contributed by atoms with van der Waals surface area (Å²) in [5.74, 6) is -1.66. The lowest BCUT2D eigenvalue weighted by molar-refractivity contribution is -0.0961. The van der Waals surface area contributed by atoms with Crippen LogP contribution in [-0.4, -0.2) is 95.9 Å². The lowest BCUT2D eigenvalue weighted by atomic mass is 9.98. The van der Waals surface area contributed by atoms with Crippen molar-refractivity contribution in [3.63, 3.8) is 0 Å². The van der Waals surface area contributed by atoms with Crippen molar-refractivity contribution < 1.29 is 58.9 Å². The number of hydrogen-bond acceptors (Lipinski definition) is 16. The number of ether oxygens (including phenoxy) is 4. The monoisotopic (exact) mass is 1030 g/mol. The number of hydrogen-bond donors (Lipinski definition) is 4. The number of carbonyl (C=O) groups is 2. The maximum absolute atomic E-state index is 13.8. The van der Waals surface area contributed by atoms with Gasteiger partial charge in [0.2, 0.25) is 5.82 Å². The van der Waals surface area contributed by atoms with Crippen LogP contribution in [0.3, 0.4) is 0 Å². The lowest BCUT2D eigenvalue weighted by Gasteiger charge is -2.16. The van der Waals surface area contributed by atoms with Crippen LogP contribution in [0.2, 0.25) is 0 Å². The second-order valence-corrected chi connectivity index (χ2v) is 19.2. The molecule has 2 aliphatic rings. The van der Waals surface area contributed by atoms with E-state index in [1.165, 1.54) is 32.4 Å². The van der Waals surface area contributed by atoms with Crippen LogP contribution in [0.4, 0.5) is 14.0 Å². The highest BCUT2D eigenvalue weighted by molar-refractivity contribution is 7.88. The molecule has 0 aliphatic heterocycles. The van der Waals surface area contributed by atoms with Crippen molar-refractivity contribution in [3.05, 3.63) is 165 Å². The molecule has 0 bridgehead atoms. The van der Waals surface area contributed by atoms with E-state index >= 15 is 0 Å². The molecule has 5 aromatic carbocycles.